The summed E-state index contributed by atoms with van der Waals surface area (Å²) in [6.45, 7) is 10.2. The second-order valence-electron chi connectivity index (χ2n) is 5.42. The summed E-state index contributed by atoms with van der Waals surface area (Å²) in [5.74, 6) is 0. The smallest absolute Gasteiger partial charge is 0.168 e. The molecule has 6 heteroatoms. The highest BCUT2D eigenvalue weighted by Gasteiger charge is 2.20. The largest absolute Gasteiger partial charge is 0.747 e. The number of hydrogen-bond acceptors (Lipinski definition) is 4. The highest BCUT2D eigenvalue weighted by Crippen LogP contribution is 2.12. The van der Waals surface area contributed by atoms with Gasteiger partial charge in [-0.1, -0.05) is 46.6 Å². The molecule has 0 radical (unpaired) electrons. The first-order valence-electron chi connectivity index (χ1n) is 8.53. The van der Waals surface area contributed by atoms with Crippen LogP contribution in [0.25, 0.3) is 0 Å². The van der Waals surface area contributed by atoms with Crippen LogP contribution in [-0.2, 0) is 16.7 Å². The molecule has 0 fully saturated rings. The Morgan fingerprint density at radius 1 is 1.00 bits per heavy atom. The van der Waals surface area contributed by atoms with Crippen LogP contribution >= 0.6 is 0 Å². The Labute approximate surface area is 142 Å². The van der Waals surface area contributed by atoms with E-state index < -0.39 is 15.5 Å². The predicted octanol–water partition coefficient (Wildman–Crippen LogP) is 2.77. The van der Waals surface area contributed by atoms with Crippen LogP contribution in [0, 0.1) is 0 Å². The first-order chi connectivity index (χ1) is 10.9. The molecule has 0 aliphatic rings. The molecule has 23 heavy (non-hydrogen) atoms. The van der Waals surface area contributed by atoms with E-state index in [2.05, 4.69) is 36.0 Å². The quantitative estimate of drug-likeness (QED) is 0.510. The van der Waals surface area contributed by atoms with Gasteiger partial charge in [0.05, 0.1) is 0 Å². The minimum atomic E-state index is -4.17. The summed E-state index contributed by atoms with van der Waals surface area (Å²) in [4.78, 5) is 1.69. The van der Waals surface area contributed by atoms with Crippen molar-refractivity contribution in [1.29, 1.82) is 0 Å². The fourth-order valence-corrected chi connectivity index (χ4v) is 3.50. The van der Waals surface area contributed by atoms with Crippen molar-refractivity contribution >= 4 is 10.1 Å². The zero-order valence-electron chi connectivity index (χ0n) is 14.9. The lowest BCUT2D eigenvalue weighted by molar-refractivity contribution is -0.697. The van der Waals surface area contributed by atoms with Crippen molar-refractivity contribution in [2.24, 2.45) is 0 Å². The summed E-state index contributed by atoms with van der Waals surface area (Å²) in [6.07, 6.45) is 7.89. The van der Waals surface area contributed by atoms with Crippen LogP contribution in [0.15, 0.2) is 30.6 Å². The number of unbranched alkanes of at least 4 members (excludes halogenated alkanes) is 1. The molecule has 1 aromatic rings. The van der Waals surface area contributed by atoms with E-state index in [1.807, 2.05) is 26.8 Å². The molecule has 5 nitrogen and oxygen atoms in total. The van der Waals surface area contributed by atoms with Gasteiger partial charge in [0.15, 0.2) is 12.4 Å². The summed E-state index contributed by atoms with van der Waals surface area (Å²) < 4.78 is 34.9. The Morgan fingerprint density at radius 2 is 1.57 bits per heavy atom. The normalized spacial score (nSPS) is 12.6. The van der Waals surface area contributed by atoms with Crippen molar-refractivity contribution in [2.75, 3.05) is 13.1 Å². The number of hydrogen-bond donors (Lipinski definition) is 0. The number of pyridine rings is 1. The first-order valence-corrected chi connectivity index (χ1v) is 10.0. The highest BCUT2D eigenvalue weighted by atomic mass is 32.2. The number of nitrogens with zero attached hydrogens (tertiary/aromatic N) is 2. The lowest BCUT2D eigenvalue weighted by Crippen LogP contribution is -2.40. The number of aromatic nitrogens is 1. The summed E-state index contributed by atoms with van der Waals surface area (Å²) in [5.41, 5.74) is 0. The number of rotatable bonds is 9. The van der Waals surface area contributed by atoms with Crippen LogP contribution in [-0.4, -0.2) is 36.3 Å². The lowest BCUT2D eigenvalue weighted by Gasteiger charge is -2.31. The molecule has 0 bridgehead atoms. The summed E-state index contributed by atoms with van der Waals surface area (Å²) in [5, 5.41) is -0.840. The molecule has 1 rings (SSSR count). The summed E-state index contributed by atoms with van der Waals surface area (Å²) in [6, 6.07) is 6.17. The number of aryl methyl sites for hydroxylation is 1. The third-order valence-corrected chi connectivity index (χ3v) is 4.84. The maximum atomic E-state index is 10.9. The Bertz CT molecular complexity index is 488. The third kappa shape index (κ3) is 9.69. The molecule has 0 spiro atoms. The standard InChI is InChI=1S/C9H14N.C8H19NO3S/c1-2-3-7-10-8-5-4-6-9-10;1-4-7-8(13(10,11)12)9(5-2)6-3/h4-6,8-9H,2-3,7H2,1H3;8H,4-7H2,1-3H3,(H,10,11,12)/q+1;/p-1. The van der Waals surface area contributed by atoms with Gasteiger partial charge in [0, 0.05) is 18.6 Å². The van der Waals surface area contributed by atoms with Crippen molar-refractivity contribution in [3.8, 4) is 0 Å². The fraction of sp³-hybridized carbons (Fsp3) is 0.706. The van der Waals surface area contributed by atoms with Gasteiger partial charge in [-0.05, 0) is 19.5 Å². The molecule has 0 N–H and O–H groups in total. The van der Waals surface area contributed by atoms with Gasteiger partial charge in [0.25, 0.3) is 0 Å². The Balaban J connectivity index is 0.000000433. The van der Waals surface area contributed by atoms with E-state index in [1.165, 1.54) is 12.8 Å². The lowest BCUT2D eigenvalue weighted by atomic mass is 10.3. The van der Waals surface area contributed by atoms with E-state index >= 15 is 0 Å². The van der Waals surface area contributed by atoms with Gasteiger partial charge in [-0.25, -0.2) is 13.0 Å². The van der Waals surface area contributed by atoms with E-state index in [9.17, 15) is 13.0 Å². The maximum absolute atomic E-state index is 10.9. The molecule has 0 aromatic carbocycles. The average Bonchev–Trinajstić information content (AvgIpc) is 2.54. The van der Waals surface area contributed by atoms with Gasteiger partial charge in [-0.2, -0.15) is 0 Å². The van der Waals surface area contributed by atoms with E-state index in [1.54, 1.807) is 4.90 Å². The van der Waals surface area contributed by atoms with Crippen LogP contribution in [0.5, 0.6) is 0 Å². The van der Waals surface area contributed by atoms with Crippen molar-refractivity contribution in [3.05, 3.63) is 30.6 Å². The Morgan fingerprint density at radius 3 is 1.96 bits per heavy atom. The average molecular weight is 345 g/mol. The van der Waals surface area contributed by atoms with Gasteiger partial charge in [-0.3, -0.25) is 4.90 Å². The van der Waals surface area contributed by atoms with Gasteiger partial charge in [0.1, 0.15) is 22.0 Å². The maximum Gasteiger partial charge on any atom is 0.168 e. The molecular formula is C17H32N2O3S. The molecule has 0 amide bonds. The van der Waals surface area contributed by atoms with Crippen LogP contribution < -0.4 is 4.57 Å². The molecule has 1 unspecified atom stereocenters. The zero-order valence-corrected chi connectivity index (χ0v) is 15.8. The fourth-order valence-electron chi connectivity index (χ4n) is 2.31. The molecule has 1 aromatic heterocycles. The second-order valence-corrected chi connectivity index (χ2v) is 6.95. The summed E-state index contributed by atoms with van der Waals surface area (Å²) in [7, 11) is -4.17. The minimum absolute atomic E-state index is 0.424. The Kier molecular flexibility index (Phi) is 11.9. The van der Waals surface area contributed by atoms with Crippen molar-refractivity contribution in [1.82, 2.24) is 4.90 Å². The van der Waals surface area contributed by atoms with Crippen LogP contribution in [0.1, 0.15) is 53.4 Å². The predicted molar refractivity (Wildman–Crippen MR) is 92.9 cm³/mol. The van der Waals surface area contributed by atoms with E-state index in [0.717, 1.165) is 6.54 Å². The molecule has 134 valence electrons. The molecule has 1 heterocycles. The van der Waals surface area contributed by atoms with Crippen molar-refractivity contribution in [2.45, 2.75) is 65.3 Å². The van der Waals surface area contributed by atoms with Gasteiger partial charge >= 0.3 is 0 Å². The van der Waals surface area contributed by atoms with Crippen LogP contribution in [0.2, 0.25) is 0 Å². The van der Waals surface area contributed by atoms with E-state index in [0.29, 0.717) is 25.9 Å². The summed E-state index contributed by atoms with van der Waals surface area (Å²) >= 11 is 0. The first kappa shape index (κ1) is 22.0. The molecule has 0 saturated heterocycles. The zero-order chi connectivity index (χ0) is 17.7. The van der Waals surface area contributed by atoms with Crippen molar-refractivity contribution < 1.29 is 17.5 Å². The molecule has 1 atom stereocenters. The van der Waals surface area contributed by atoms with E-state index in [-0.39, 0.29) is 0 Å². The molecular weight excluding hydrogens is 312 g/mol. The van der Waals surface area contributed by atoms with Gasteiger partial charge in [-0.15, -0.1) is 0 Å². The van der Waals surface area contributed by atoms with Gasteiger partial charge < -0.3 is 4.55 Å². The third-order valence-electron chi connectivity index (χ3n) is 3.64. The second kappa shape index (κ2) is 12.4. The molecule has 0 aliphatic carbocycles. The minimum Gasteiger partial charge on any atom is -0.747 e. The monoisotopic (exact) mass is 344 g/mol. The Hall–Kier alpha value is -0.980. The highest BCUT2D eigenvalue weighted by molar-refractivity contribution is 7.86. The molecule has 0 aliphatic heterocycles. The van der Waals surface area contributed by atoms with Crippen LogP contribution in [0.4, 0.5) is 0 Å². The van der Waals surface area contributed by atoms with Crippen molar-refractivity contribution in [3.63, 3.8) is 0 Å². The van der Waals surface area contributed by atoms with E-state index in [4.69, 9.17) is 0 Å². The molecule has 0 saturated carbocycles. The van der Waals surface area contributed by atoms with Crippen LogP contribution in [0.3, 0.4) is 0 Å². The van der Waals surface area contributed by atoms with Gasteiger partial charge in [0.2, 0.25) is 0 Å². The SMILES string of the molecule is CCCC(N(CC)CC)S(=O)(=O)[O-].CCCC[n+]1ccccc1. The topological polar surface area (TPSA) is 64.3 Å².